The first kappa shape index (κ1) is 16.8. The largest absolute Gasteiger partial charge is 0.465 e. The Bertz CT molecular complexity index is 416. The number of methoxy groups -OCH3 is 1. The molecule has 1 heterocycles. The fourth-order valence-electron chi connectivity index (χ4n) is 2.52. The highest BCUT2D eigenvalue weighted by atomic mass is 35.5. The van der Waals surface area contributed by atoms with Crippen molar-refractivity contribution in [2.75, 3.05) is 20.2 Å². The van der Waals surface area contributed by atoms with Crippen molar-refractivity contribution < 1.29 is 14.6 Å². The van der Waals surface area contributed by atoms with Gasteiger partial charge in [-0.3, -0.25) is 4.90 Å². The van der Waals surface area contributed by atoms with E-state index in [1.807, 2.05) is 30.3 Å². The topological polar surface area (TPSA) is 61.8 Å². The molecule has 1 aliphatic heterocycles. The summed E-state index contributed by atoms with van der Waals surface area (Å²) in [5.41, 5.74) is 0.998. The minimum absolute atomic E-state index is 0. The molecule has 1 saturated heterocycles. The summed E-state index contributed by atoms with van der Waals surface area (Å²) < 4.78 is 5.41. The summed E-state index contributed by atoms with van der Waals surface area (Å²) in [7, 11) is 1.63. The van der Waals surface area contributed by atoms with Gasteiger partial charge in [0, 0.05) is 20.2 Å². The van der Waals surface area contributed by atoms with Crippen molar-refractivity contribution in [2.45, 2.75) is 25.1 Å². The van der Waals surface area contributed by atoms with E-state index in [2.05, 4.69) is 5.32 Å². The van der Waals surface area contributed by atoms with Gasteiger partial charge in [-0.05, 0) is 18.5 Å². The van der Waals surface area contributed by atoms with E-state index in [-0.39, 0.29) is 24.6 Å². The molecule has 20 heavy (non-hydrogen) atoms. The number of ether oxygens (including phenoxy) is 1. The fraction of sp³-hybridized carbons (Fsp3) is 0.500. The second kappa shape index (κ2) is 8.09. The van der Waals surface area contributed by atoms with E-state index in [0.717, 1.165) is 18.5 Å². The molecule has 0 aliphatic carbocycles. The normalized spacial score (nSPS) is 21.9. The fourth-order valence-corrected chi connectivity index (χ4v) is 2.52. The molecule has 0 unspecified atom stereocenters. The van der Waals surface area contributed by atoms with E-state index in [0.29, 0.717) is 13.1 Å². The van der Waals surface area contributed by atoms with Crippen LogP contribution in [0.25, 0.3) is 0 Å². The quantitative estimate of drug-likeness (QED) is 0.892. The van der Waals surface area contributed by atoms with Crippen LogP contribution in [0.3, 0.4) is 0 Å². The second-order valence-electron chi connectivity index (χ2n) is 4.73. The van der Waals surface area contributed by atoms with Gasteiger partial charge in [-0.15, -0.1) is 12.4 Å². The molecule has 0 radical (unpaired) electrons. The third-order valence-electron chi connectivity index (χ3n) is 3.54. The van der Waals surface area contributed by atoms with Gasteiger partial charge in [0.25, 0.3) is 0 Å². The van der Waals surface area contributed by atoms with Crippen molar-refractivity contribution in [1.82, 2.24) is 10.2 Å². The van der Waals surface area contributed by atoms with Crippen LogP contribution in [0, 0.1) is 0 Å². The van der Waals surface area contributed by atoms with Crippen LogP contribution in [0.5, 0.6) is 0 Å². The van der Waals surface area contributed by atoms with Gasteiger partial charge >= 0.3 is 6.09 Å². The number of piperidine rings is 1. The number of benzene rings is 1. The number of halogens is 1. The molecular weight excluding hydrogens is 280 g/mol. The highest BCUT2D eigenvalue weighted by Gasteiger charge is 2.32. The average Bonchev–Trinajstić information content (AvgIpc) is 2.45. The molecule has 0 spiro atoms. The second-order valence-corrected chi connectivity index (χ2v) is 4.73. The molecule has 1 aliphatic rings. The zero-order valence-corrected chi connectivity index (χ0v) is 12.3. The zero-order valence-electron chi connectivity index (χ0n) is 11.5. The van der Waals surface area contributed by atoms with Crippen LogP contribution in [0.2, 0.25) is 0 Å². The molecule has 2 N–H and O–H groups in total. The number of rotatable bonds is 4. The van der Waals surface area contributed by atoms with Crippen molar-refractivity contribution >= 4 is 18.5 Å². The monoisotopic (exact) mass is 300 g/mol. The van der Waals surface area contributed by atoms with Crippen molar-refractivity contribution in [2.24, 2.45) is 0 Å². The molecule has 112 valence electrons. The van der Waals surface area contributed by atoms with Crippen LogP contribution in [-0.4, -0.2) is 48.4 Å². The smallest absolute Gasteiger partial charge is 0.407 e. The van der Waals surface area contributed by atoms with Gasteiger partial charge in [-0.1, -0.05) is 30.3 Å². The SMILES string of the molecule is CO[C@H]1CNCC[C@H]1N(Cc1ccccc1)C(=O)O.Cl. The van der Waals surface area contributed by atoms with Gasteiger partial charge in [0.15, 0.2) is 0 Å². The van der Waals surface area contributed by atoms with E-state index in [1.165, 1.54) is 4.90 Å². The molecule has 1 amide bonds. The van der Waals surface area contributed by atoms with Crippen molar-refractivity contribution in [3.05, 3.63) is 35.9 Å². The van der Waals surface area contributed by atoms with E-state index in [1.54, 1.807) is 7.11 Å². The van der Waals surface area contributed by atoms with E-state index >= 15 is 0 Å². The lowest BCUT2D eigenvalue weighted by atomic mass is 10.0. The maximum atomic E-state index is 11.5. The molecular formula is C14H21ClN2O3. The Labute approximate surface area is 125 Å². The molecule has 0 bridgehead atoms. The van der Waals surface area contributed by atoms with Crippen LogP contribution in [0.4, 0.5) is 4.79 Å². The number of amides is 1. The van der Waals surface area contributed by atoms with Crippen LogP contribution in [0.1, 0.15) is 12.0 Å². The number of hydrogen-bond donors (Lipinski definition) is 2. The third kappa shape index (κ3) is 4.10. The molecule has 1 fully saturated rings. The van der Waals surface area contributed by atoms with Crippen LogP contribution >= 0.6 is 12.4 Å². The Morgan fingerprint density at radius 2 is 2.15 bits per heavy atom. The van der Waals surface area contributed by atoms with Crippen LogP contribution in [0.15, 0.2) is 30.3 Å². The first-order valence-electron chi connectivity index (χ1n) is 6.49. The minimum Gasteiger partial charge on any atom is -0.465 e. The Hall–Kier alpha value is -1.30. The summed E-state index contributed by atoms with van der Waals surface area (Å²) in [5, 5.41) is 12.7. The van der Waals surface area contributed by atoms with Crippen molar-refractivity contribution in [1.29, 1.82) is 0 Å². The van der Waals surface area contributed by atoms with Crippen molar-refractivity contribution in [3.8, 4) is 0 Å². The minimum atomic E-state index is -0.891. The highest BCUT2D eigenvalue weighted by molar-refractivity contribution is 5.85. The molecule has 6 heteroatoms. The predicted octanol–water partition coefficient (Wildman–Crippen LogP) is 1.97. The zero-order chi connectivity index (χ0) is 13.7. The van der Waals surface area contributed by atoms with Gasteiger partial charge in [0.2, 0.25) is 0 Å². The highest BCUT2D eigenvalue weighted by Crippen LogP contribution is 2.18. The van der Waals surface area contributed by atoms with Crippen LogP contribution in [-0.2, 0) is 11.3 Å². The molecule has 0 aromatic heterocycles. The van der Waals surface area contributed by atoms with Gasteiger partial charge in [-0.2, -0.15) is 0 Å². The predicted molar refractivity (Wildman–Crippen MR) is 79.3 cm³/mol. The summed E-state index contributed by atoms with van der Waals surface area (Å²) in [6.45, 7) is 1.92. The summed E-state index contributed by atoms with van der Waals surface area (Å²) in [4.78, 5) is 13.0. The van der Waals surface area contributed by atoms with Gasteiger partial charge in [-0.25, -0.2) is 4.79 Å². The number of nitrogens with one attached hydrogen (secondary N) is 1. The lowest BCUT2D eigenvalue weighted by Crippen LogP contribution is -2.54. The standard InChI is InChI=1S/C14H20N2O3.ClH/c1-19-13-9-15-8-7-12(13)16(14(17)18)10-11-5-3-2-4-6-11;/h2-6,12-13,15H,7-10H2,1H3,(H,17,18);1H/t12-,13+;/m1./s1. The Morgan fingerprint density at radius 3 is 2.75 bits per heavy atom. The number of carbonyl (C=O) groups is 1. The molecule has 1 aromatic rings. The van der Waals surface area contributed by atoms with E-state index < -0.39 is 6.09 Å². The lowest BCUT2D eigenvalue weighted by molar-refractivity contribution is -0.000126. The first-order chi connectivity index (χ1) is 9.22. The maximum Gasteiger partial charge on any atom is 0.407 e. The number of nitrogens with zero attached hydrogens (tertiary/aromatic N) is 1. The average molecular weight is 301 g/mol. The molecule has 0 saturated carbocycles. The Kier molecular flexibility index (Phi) is 6.78. The molecule has 1 aromatic carbocycles. The third-order valence-corrected chi connectivity index (χ3v) is 3.54. The van der Waals surface area contributed by atoms with Gasteiger partial charge in [0.1, 0.15) is 0 Å². The lowest BCUT2D eigenvalue weighted by Gasteiger charge is -2.38. The Morgan fingerprint density at radius 1 is 1.45 bits per heavy atom. The maximum absolute atomic E-state index is 11.5. The summed E-state index contributed by atoms with van der Waals surface area (Å²) in [5.74, 6) is 0. The van der Waals surface area contributed by atoms with E-state index in [9.17, 15) is 9.90 Å². The summed E-state index contributed by atoms with van der Waals surface area (Å²) in [6.07, 6.45) is -0.205. The number of hydrogen-bond acceptors (Lipinski definition) is 3. The van der Waals surface area contributed by atoms with Gasteiger partial charge in [0.05, 0.1) is 12.1 Å². The molecule has 2 atom stereocenters. The van der Waals surface area contributed by atoms with Crippen molar-refractivity contribution in [3.63, 3.8) is 0 Å². The van der Waals surface area contributed by atoms with Gasteiger partial charge < -0.3 is 15.2 Å². The van der Waals surface area contributed by atoms with Crippen LogP contribution < -0.4 is 5.32 Å². The molecule has 2 rings (SSSR count). The number of carboxylic acid groups (broad SMARTS) is 1. The van der Waals surface area contributed by atoms with E-state index in [4.69, 9.17) is 4.74 Å². The Balaban J connectivity index is 0.00000200. The molecule has 5 nitrogen and oxygen atoms in total. The summed E-state index contributed by atoms with van der Waals surface area (Å²) >= 11 is 0. The summed E-state index contributed by atoms with van der Waals surface area (Å²) in [6, 6.07) is 9.57. The first-order valence-corrected chi connectivity index (χ1v) is 6.49.